The van der Waals surface area contributed by atoms with Crippen LogP contribution in [0.25, 0.3) is 0 Å². The second-order valence-electron chi connectivity index (χ2n) is 7.35. The quantitative estimate of drug-likeness (QED) is 0.468. The van der Waals surface area contributed by atoms with E-state index in [9.17, 15) is 22.7 Å². The van der Waals surface area contributed by atoms with Crippen LogP contribution < -0.4 is 10.2 Å². The van der Waals surface area contributed by atoms with Crippen LogP contribution in [0.5, 0.6) is 5.75 Å². The molecule has 162 valence electrons. The lowest BCUT2D eigenvalue weighted by Crippen LogP contribution is -2.62. The van der Waals surface area contributed by atoms with Crippen LogP contribution in [0, 0.1) is 5.82 Å². The highest BCUT2D eigenvalue weighted by Gasteiger charge is 2.49. The number of hydrogen-bond acceptors (Lipinski definition) is 6. The number of carbonyl (C=O) groups excluding carboxylic acids is 1. The first-order chi connectivity index (χ1) is 14.1. The number of halogens is 1. The van der Waals surface area contributed by atoms with Crippen molar-refractivity contribution in [2.75, 3.05) is 6.54 Å². The highest BCUT2D eigenvalue weighted by atomic mass is 32.2. The highest BCUT2D eigenvalue weighted by Crippen LogP contribution is 2.32. The van der Waals surface area contributed by atoms with Gasteiger partial charge in [0.25, 0.3) is 5.91 Å². The molecule has 0 saturated carbocycles. The first-order valence-electron chi connectivity index (χ1n) is 9.30. The van der Waals surface area contributed by atoms with Crippen molar-refractivity contribution in [2.24, 2.45) is 0 Å². The molecule has 10 heteroatoms. The van der Waals surface area contributed by atoms with Gasteiger partial charge in [0, 0.05) is 6.54 Å². The number of amides is 1. The summed E-state index contributed by atoms with van der Waals surface area (Å²) in [6.45, 7) is 1.49. The van der Waals surface area contributed by atoms with Crippen molar-refractivity contribution in [3.8, 4) is 5.75 Å². The minimum Gasteiger partial charge on any atom is -0.489 e. The summed E-state index contributed by atoms with van der Waals surface area (Å²) >= 11 is 0. The maximum Gasteiger partial charge on any atom is 0.264 e. The largest absolute Gasteiger partial charge is 0.489 e. The number of nitrogens with zero attached hydrogens (tertiary/aromatic N) is 1. The third-order valence-electron chi connectivity index (χ3n) is 5.02. The predicted octanol–water partition coefficient (Wildman–Crippen LogP) is 1.81. The predicted molar refractivity (Wildman–Crippen MR) is 105 cm³/mol. The van der Waals surface area contributed by atoms with Gasteiger partial charge in [0.2, 0.25) is 10.0 Å². The molecule has 3 N–H and O–H groups in total. The molecule has 3 rings (SSSR count). The Morgan fingerprint density at radius 1 is 1.30 bits per heavy atom. The van der Waals surface area contributed by atoms with E-state index in [1.807, 2.05) is 0 Å². The van der Waals surface area contributed by atoms with Crippen LogP contribution >= 0.6 is 0 Å². The number of hydroxylamine groups is 1. The molecule has 8 nitrogen and oxygen atoms in total. The van der Waals surface area contributed by atoms with Crippen molar-refractivity contribution < 1.29 is 32.7 Å². The first kappa shape index (κ1) is 22.2. The zero-order valence-electron chi connectivity index (χ0n) is 16.3. The number of benzene rings is 2. The van der Waals surface area contributed by atoms with Gasteiger partial charge in [0.1, 0.15) is 24.2 Å². The molecule has 1 heterocycles. The number of ether oxygens (including phenoxy) is 1. The van der Waals surface area contributed by atoms with Gasteiger partial charge in [-0.25, -0.2) is 18.3 Å². The smallest absolute Gasteiger partial charge is 0.264 e. The second kappa shape index (κ2) is 8.68. The summed E-state index contributed by atoms with van der Waals surface area (Å²) in [5, 5.41) is 19.5. The molecule has 2 aromatic rings. The second-order valence-corrected chi connectivity index (χ2v) is 9.24. The Morgan fingerprint density at radius 2 is 2.00 bits per heavy atom. The normalized spacial score (nSPS) is 22.5. The Bertz CT molecular complexity index is 1010. The number of hydrogen-bond donors (Lipinski definition) is 3. The van der Waals surface area contributed by atoms with E-state index in [1.165, 1.54) is 48.8 Å². The lowest BCUT2D eigenvalue weighted by molar-refractivity contribution is -0.144. The minimum absolute atomic E-state index is 0.0222. The SMILES string of the molecule is C[C@@]1(O)CCCN(S(=O)(=O)c2ccc(OCc3cccc(F)c3)cc2)[C@H]1C(=O)NO. The zero-order chi connectivity index (χ0) is 21.9. The van der Waals surface area contributed by atoms with E-state index >= 15 is 0 Å². The summed E-state index contributed by atoms with van der Waals surface area (Å²) in [6, 6.07) is 10.0. The van der Waals surface area contributed by atoms with E-state index in [0.29, 0.717) is 17.7 Å². The van der Waals surface area contributed by atoms with Crippen LogP contribution in [0.3, 0.4) is 0 Å². The van der Waals surface area contributed by atoms with Crippen LogP contribution in [-0.2, 0) is 21.4 Å². The first-order valence-corrected chi connectivity index (χ1v) is 10.7. The number of piperidine rings is 1. The van der Waals surface area contributed by atoms with Crippen molar-refractivity contribution in [1.29, 1.82) is 0 Å². The van der Waals surface area contributed by atoms with E-state index in [-0.39, 0.29) is 30.3 Å². The molecule has 30 heavy (non-hydrogen) atoms. The molecule has 0 spiro atoms. The van der Waals surface area contributed by atoms with Crippen molar-refractivity contribution in [3.05, 3.63) is 59.9 Å². The van der Waals surface area contributed by atoms with E-state index in [0.717, 1.165) is 4.31 Å². The van der Waals surface area contributed by atoms with Gasteiger partial charge >= 0.3 is 0 Å². The van der Waals surface area contributed by atoms with E-state index in [1.54, 1.807) is 12.1 Å². The van der Waals surface area contributed by atoms with Crippen molar-refractivity contribution in [2.45, 2.75) is 42.9 Å². The monoisotopic (exact) mass is 438 g/mol. The van der Waals surface area contributed by atoms with Gasteiger partial charge in [-0.2, -0.15) is 4.31 Å². The van der Waals surface area contributed by atoms with E-state index in [4.69, 9.17) is 9.94 Å². The Morgan fingerprint density at radius 3 is 2.63 bits per heavy atom. The molecule has 1 aliphatic heterocycles. The molecule has 0 aliphatic carbocycles. The Balaban J connectivity index is 1.79. The number of sulfonamides is 1. The molecule has 1 saturated heterocycles. The van der Waals surface area contributed by atoms with Crippen LogP contribution in [0.2, 0.25) is 0 Å². The molecular formula is C20H23FN2O6S. The number of rotatable bonds is 6. The van der Waals surface area contributed by atoms with Gasteiger partial charge in [-0.3, -0.25) is 10.0 Å². The molecule has 1 amide bonds. The Hall–Kier alpha value is -2.53. The maximum atomic E-state index is 13.2. The van der Waals surface area contributed by atoms with Gasteiger partial charge < -0.3 is 9.84 Å². The molecule has 2 atom stereocenters. The summed E-state index contributed by atoms with van der Waals surface area (Å²) in [5.41, 5.74) is 0.430. The Kier molecular flexibility index (Phi) is 6.41. The third-order valence-corrected chi connectivity index (χ3v) is 6.90. The van der Waals surface area contributed by atoms with Crippen LogP contribution in [0.1, 0.15) is 25.3 Å². The number of carbonyl (C=O) groups is 1. The molecule has 0 aromatic heterocycles. The maximum absolute atomic E-state index is 13.2. The average Bonchev–Trinajstić information content (AvgIpc) is 2.71. The lowest BCUT2D eigenvalue weighted by Gasteiger charge is -2.42. The standard InChI is InChI=1S/C20H23FN2O6S/c1-20(25)10-3-11-23(18(20)19(24)22-26)30(27,28)17-8-6-16(7-9-17)29-13-14-4-2-5-15(21)12-14/h2,4-9,12,18,25-26H,3,10-11,13H2,1H3,(H,22,24)/t18-,20+/m0/s1. The topological polar surface area (TPSA) is 116 Å². The van der Waals surface area contributed by atoms with Gasteiger partial charge in [0.05, 0.1) is 10.5 Å². The molecule has 0 unspecified atom stereocenters. The van der Waals surface area contributed by atoms with Gasteiger partial charge in [-0.1, -0.05) is 12.1 Å². The molecular weight excluding hydrogens is 415 g/mol. The minimum atomic E-state index is -4.13. The van der Waals surface area contributed by atoms with Crippen LogP contribution in [0.15, 0.2) is 53.4 Å². The van der Waals surface area contributed by atoms with Gasteiger partial charge in [-0.05, 0) is 61.7 Å². The highest BCUT2D eigenvalue weighted by molar-refractivity contribution is 7.89. The molecule has 2 aromatic carbocycles. The fraction of sp³-hybridized carbons (Fsp3) is 0.350. The van der Waals surface area contributed by atoms with Crippen molar-refractivity contribution >= 4 is 15.9 Å². The van der Waals surface area contributed by atoms with Crippen molar-refractivity contribution in [1.82, 2.24) is 9.79 Å². The van der Waals surface area contributed by atoms with E-state index in [2.05, 4.69) is 0 Å². The number of nitrogens with one attached hydrogen (secondary N) is 1. The summed E-state index contributed by atoms with van der Waals surface area (Å²) in [5.74, 6) is -0.997. The molecule has 1 fully saturated rings. The fourth-order valence-corrected chi connectivity index (χ4v) is 5.26. The van der Waals surface area contributed by atoms with Crippen molar-refractivity contribution in [3.63, 3.8) is 0 Å². The third kappa shape index (κ3) is 4.62. The lowest BCUT2D eigenvalue weighted by atomic mass is 9.87. The Labute approximate surface area is 173 Å². The zero-order valence-corrected chi connectivity index (χ0v) is 17.1. The molecule has 1 aliphatic rings. The summed E-state index contributed by atoms with van der Waals surface area (Å²) < 4.78 is 45.9. The fourth-order valence-electron chi connectivity index (χ4n) is 3.54. The molecule has 0 radical (unpaired) electrons. The average molecular weight is 438 g/mol. The van der Waals surface area contributed by atoms with Gasteiger partial charge in [-0.15, -0.1) is 0 Å². The summed E-state index contributed by atoms with van der Waals surface area (Å²) in [6.07, 6.45) is 0.570. The van der Waals surface area contributed by atoms with Crippen LogP contribution in [-0.4, -0.2) is 47.1 Å². The summed E-state index contributed by atoms with van der Waals surface area (Å²) in [7, 11) is -4.13. The van der Waals surface area contributed by atoms with E-state index < -0.39 is 27.6 Å². The number of aliphatic hydroxyl groups is 1. The van der Waals surface area contributed by atoms with Gasteiger partial charge in [0.15, 0.2) is 0 Å². The van der Waals surface area contributed by atoms with Crippen LogP contribution in [0.4, 0.5) is 4.39 Å². The summed E-state index contributed by atoms with van der Waals surface area (Å²) in [4.78, 5) is 12.0. The molecule has 0 bridgehead atoms.